The first-order valence-corrected chi connectivity index (χ1v) is 6.27. The van der Waals surface area contributed by atoms with Gasteiger partial charge >= 0.3 is 0 Å². The molecule has 0 atom stereocenters. The summed E-state index contributed by atoms with van der Waals surface area (Å²) in [6, 6.07) is 0. The Morgan fingerprint density at radius 1 is 0.786 bits per heavy atom. The van der Waals surface area contributed by atoms with Crippen LogP contribution in [-0.2, 0) is 0 Å². The fourth-order valence-corrected chi connectivity index (χ4v) is 1.68. The Bertz CT molecular complexity index is 124. The minimum atomic E-state index is 0.350. The third-order valence-corrected chi connectivity index (χ3v) is 2.76. The molecule has 0 aromatic carbocycles. The van der Waals surface area contributed by atoms with Gasteiger partial charge in [0.2, 0.25) is 0 Å². The van der Waals surface area contributed by atoms with Gasteiger partial charge in [-0.15, -0.1) is 0 Å². The van der Waals surface area contributed by atoms with Gasteiger partial charge in [-0.3, -0.25) is 4.90 Å². The van der Waals surface area contributed by atoms with Gasteiger partial charge in [-0.25, -0.2) is 0 Å². The molecule has 0 bridgehead atoms. The molecule has 0 aliphatic heterocycles. The molecule has 0 aliphatic rings. The quantitative estimate of drug-likeness (QED) is 0.559. The van der Waals surface area contributed by atoms with Crippen LogP contribution in [0.15, 0.2) is 0 Å². The van der Waals surface area contributed by atoms with E-state index in [0.717, 1.165) is 0 Å². The molecular formula is C13H29N. The third kappa shape index (κ3) is 6.42. The van der Waals surface area contributed by atoms with E-state index in [1.54, 1.807) is 0 Å². The van der Waals surface area contributed by atoms with Crippen LogP contribution in [0, 0.1) is 0 Å². The van der Waals surface area contributed by atoms with E-state index in [9.17, 15) is 0 Å². The lowest BCUT2D eigenvalue weighted by Gasteiger charge is -2.35. The van der Waals surface area contributed by atoms with E-state index in [2.05, 4.69) is 39.5 Å². The SMILES string of the molecule is CCCCCN(CCCC)C(C)(C)C. The fraction of sp³-hybridized carbons (Fsp3) is 1.00. The molecule has 0 saturated heterocycles. The number of hydrogen-bond acceptors (Lipinski definition) is 1. The first-order valence-electron chi connectivity index (χ1n) is 6.27. The maximum Gasteiger partial charge on any atom is 0.0125 e. The van der Waals surface area contributed by atoms with E-state index in [1.807, 2.05) is 0 Å². The summed E-state index contributed by atoms with van der Waals surface area (Å²) in [5, 5.41) is 0. The molecule has 1 nitrogen and oxygen atoms in total. The lowest BCUT2D eigenvalue weighted by atomic mass is 10.0. The summed E-state index contributed by atoms with van der Waals surface area (Å²) in [6.45, 7) is 14.1. The number of unbranched alkanes of at least 4 members (excludes halogenated alkanes) is 3. The van der Waals surface area contributed by atoms with Crippen molar-refractivity contribution in [2.24, 2.45) is 0 Å². The van der Waals surface area contributed by atoms with Crippen LogP contribution < -0.4 is 0 Å². The van der Waals surface area contributed by atoms with Gasteiger partial charge in [-0.2, -0.15) is 0 Å². The van der Waals surface area contributed by atoms with Crippen molar-refractivity contribution in [1.29, 1.82) is 0 Å². The molecule has 0 heterocycles. The van der Waals surface area contributed by atoms with Crippen LogP contribution in [0.4, 0.5) is 0 Å². The van der Waals surface area contributed by atoms with Crippen LogP contribution in [0.5, 0.6) is 0 Å². The highest BCUT2D eigenvalue weighted by Crippen LogP contribution is 2.15. The topological polar surface area (TPSA) is 3.24 Å². The average Bonchev–Trinajstić information content (AvgIpc) is 2.09. The smallest absolute Gasteiger partial charge is 0.0125 e. The van der Waals surface area contributed by atoms with Crippen LogP contribution in [0.2, 0.25) is 0 Å². The predicted molar refractivity (Wildman–Crippen MR) is 65.8 cm³/mol. The molecule has 0 rings (SSSR count). The molecule has 0 N–H and O–H groups in total. The lowest BCUT2D eigenvalue weighted by molar-refractivity contribution is 0.131. The Balaban J connectivity index is 3.85. The van der Waals surface area contributed by atoms with E-state index in [4.69, 9.17) is 0 Å². The van der Waals surface area contributed by atoms with Gasteiger partial charge in [0, 0.05) is 5.54 Å². The summed E-state index contributed by atoms with van der Waals surface area (Å²) < 4.78 is 0. The lowest BCUT2D eigenvalue weighted by Crippen LogP contribution is -2.42. The molecular weight excluding hydrogens is 170 g/mol. The average molecular weight is 199 g/mol. The van der Waals surface area contributed by atoms with E-state index in [-0.39, 0.29) is 0 Å². The Morgan fingerprint density at radius 3 is 1.71 bits per heavy atom. The number of rotatable bonds is 7. The van der Waals surface area contributed by atoms with Crippen molar-refractivity contribution >= 4 is 0 Å². The summed E-state index contributed by atoms with van der Waals surface area (Å²) in [7, 11) is 0. The third-order valence-electron chi connectivity index (χ3n) is 2.76. The molecule has 1 heteroatoms. The van der Waals surface area contributed by atoms with E-state index >= 15 is 0 Å². The molecule has 0 radical (unpaired) electrons. The molecule has 0 aromatic rings. The molecule has 0 aliphatic carbocycles. The van der Waals surface area contributed by atoms with Crippen LogP contribution >= 0.6 is 0 Å². The van der Waals surface area contributed by atoms with Crippen LogP contribution in [0.3, 0.4) is 0 Å². The van der Waals surface area contributed by atoms with E-state index in [1.165, 1.54) is 45.2 Å². The molecule has 14 heavy (non-hydrogen) atoms. The van der Waals surface area contributed by atoms with Gasteiger partial charge in [0.25, 0.3) is 0 Å². The van der Waals surface area contributed by atoms with Gasteiger partial charge < -0.3 is 0 Å². The second-order valence-corrected chi connectivity index (χ2v) is 5.22. The zero-order valence-electron chi connectivity index (χ0n) is 10.9. The molecule has 0 saturated carbocycles. The molecule has 0 unspecified atom stereocenters. The molecule has 86 valence electrons. The van der Waals surface area contributed by atoms with Crippen molar-refractivity contribution in [3.05, 3.63) is 0 Å². The normalized spacial score (nSPS) is 12.4. The molecule has 0 fully saturated rings. The summed E-state index contributed by atoms with van der Waals surface area (Å²) in [6.07, 6.45) is 6.70. The fourth-order valence-electron chi connectivity index (χ4n) is 1.68. The first kappa shape index (κ1) is 14.0. The molecule has 0 spiro atoms. The van der Waals surface area contributed by atoms with Gasteiger partial charge in [-0.1, -0.05) is 33.1 Å². The van der Waals surface area contributed by atoms with Crippen molar-refractivity contribution in [3.8, 4) is 0 Å². The number of hydrogen-bond donors (Lipinski definition) is 0. The maximum absolute atomic E-state index is 2.63. The number of nitrogens with zero attached hydrogens (tertiary/aromatic N) is 1. The van der Waals surface area contributed by atoms with E-state index < -0.39 is 0 Å². The van der Waals surface area contributed by atoms with Gasteiger partial charge in [-0.05, 0) is 46.7 Å². The van der Waals surface area contributed by atoms with Crippen molar-refractivity contribution in [2.45, 2.75) is 72.3 Å². The zero-order chi connectivity index (χ0) is 11.0. The van der Waals surface area contributed by atoms with Crippen LogP contribution in [0.1, 0.15) is 66.7 Å². The standard InChI is InChI=1S/C13H29N/c1-6-8-10-12-14(11-9-7-2)13(3,4)5/h6-12H2,1-5H3. The Kier molecular flexibility index (Phi) is 7.26. The zero-order valence-corrected chi connectivity index (χ0v) is 10.9. The summed E-state index contributed by atoms with van der Waals surface area (Å²) >= 11 is 0. The minimum absolute atomic E-state index is 0.350. The van der Waals surface area contributed by atoms with E-state index in [0.29, 0.717) is 5.54 Å². The highest BCUT2D eigenvalue weighted by molar-refractivity contribution is 4.75. The first-order chi connectivity index (χ1) is 6.52. The van der Waals surface area contributed by atoms with Gasteiger partial charge in [0.1, 0.15) is 0 Å². The summed E-state index contributed by atoms with van der Waals surface area (Å²) in [4.78, 5) is 2.63. The van der Waals surface area contributed by atoms with Crippen molar-refractivity contribution in [1.82, 2.24) is 4.90 Å². The summed E-state index contributed by atoms with van der Waals surface area (Å²) in [5.41, 5.74) is 0.350. The second kappa shape index (κ2) is 7.28. The van der Waals surface area contributed by atoms with Crippen LogP contribution in [0.25, 0.3) is 0 Å². The van der Waals surface area contributed by atoms with Gasteiger partial charge in [0.05, 0.1) is 0 Å². The van der Waals surface area contributed by atoms with Crippen molar-refractivity contribution < 1.29 is 0 Å². The largest absolute Gasteiger partial charge is 0.298 e. The Labute approximate surface area is 90.9 Å². The maximum atomic E-state index is 2.63. The van der Waals surface area contributed by atoms with Gasteiger partial charge in [0.15, 0.2) is 0 Å². The van der Waals surface area contributed by atoms with Crippen LogP contribution in [-0.4, -0.2) is 23.5 Å². The monoisotopic (exact) mass is 199 g/mol. The molecule has 0 aromatic heterocycles. The Hall–Kier alpha value is -0.0400. The Morgan fingerprint density at radius 2 is 1.29 bits per heavy atom. The minimum Gasteiger partial charge on any atom is -0.298 e. The second-order valence-electron chi connectivity index (χ2n) is 5.22. The predicted octanol–water partition coefficient (Wildman–Crippen LogP) is 4.08. The highest BCUT2D eigenvalue weighted by atomic mass is 15.2. The van der Waals surface area contributed by atoms with Crippen molar-refractivity contribution in [3.63, 3.8) is 0 Å². The summed E-state index contributed by atoms with van der Waals surface area (Å²) in [5.74, 6) is 0. The molecule has 0 amide bonds. The highest BCUT2D eigenvalue weighted by Gasteiger charge is 2.19. The van der Waals surface area contributed by atoms with Crippen molar-refractivity contribution in [2.75, 3.05) is 13.1 Å².